The summed E-state index contributed by atoms with van der Waals surface area (Å²) < 4.78 is 37.9. The van der Waals surface area contributed by atoms with Crippen molar-refractivity contribution in [3.8, 4) is 0 Å². The standard InChI is InChI=1S/C19H23N7O7S/c20-11(6-10-4-2-1-3-5-10)18(29)25-34(30,31)32-7-12-14(27)15(28)19(33-12)26-9-24-13-16(21)22-8-23-17(13)26/h1-5,8-9,11-12,14-15,19,27-28H,6-7,20H2,(H,25,29)(H2,21,22,23)/t11-,12?,14-,15-,19?/m1/s1. The fourth-order valence-corrected chi connectivity index (χ4v) is 4.27. The van der Waals surface area contributed by atoms with E-state index in [1.807, 2.05) is 0 Å². The number of nitrogens with two attached hydrogens (primary N) is 2. The van der Waals surface area contributed by atoms with E-state index in [4.69, 9.17) is 20.4 Å². The lowest BCUT2D eigenvalue weighted by Crippen LogP contribution is -2.45. The molecule has 1 saturated heterocycles. The van der Waals surface area contributed by atoms with Crippen molar-refractivity contribution in [2.24, 2.45) is 5.73 Å². The Balaban J connectivity index is 1.37. The number of amides is 1. The molecule has 3 heterocycles. The van der Waals surface area contributed by atoms with Crippen LogP contribution in [0.5, 0.6) is 0 Å². The first-order valence-electron chi connectivity index (χ1n) is 10.1. The highest BCUT2D eigenvalue weighted by atomic mass is 32.2. The van der Waals surface area contributed by atoms with Crippen molar-refractivity contribution in [3.63, 3.8) is 0 Å². The molecule has 2 unspecified atom stereocenters. The number of nitrogens with one attached hydrogen (secondary N) is 1. The van der Waals surface area contributed by atoms with Crippen molar-refractivity contribution in [3.05, 3.63) is 48.5 Å². The van der Waals surface area contributed by atoms with E-state index in [2.05, 4.69) is 15.0 Å². The molecule has 0 aliphatic carbocycles. The Hall–Kier alpha value is -3.21. The van der Waals surface area contributed by atoms with Crippen molar-refractivity contribution in [2.45, 2.75) is 37.0 Å². The number of aromatic nitrogens is 4. The molecule has 1 fully saturated rings. The van der Waals surface area contributed by atoms with Crippen molar-refractivity contribution in [1.82, 2.24) is 24.2 Å². The second-order valence-electron chi connectivity index (χ2n) is 7.63. The third-order valence-corrected chi connectivity index (χ3v) is 6.14. The van der Waals surface area contributed by atoms with Gasteiger partial charge in [0.2, 0.25) is 0 Å². The zero-order chi connectivity index (χ0) is 24.5. The van der Waals surface area contributed by atoms with Gasteiger partial charge in [-0.1, -0.05) is 30.3 Å². The fourth-order valence-electron chi connectivity index (χ4n) is 3.50. The topological polar surface area (TPSA) is 218 Å². The third kappa shape index (κ3) is 4.98. The van der Waals surface area contributed by atoms with Crippen molar-refractivity contribution < 1.29 is 32.3 Å². The summed E-state index contributed by atoms with van der Waals surface area (Å²) in [4.78, 5) is 24.1. The molecule has 3 aromatic rings. The molecule has 4 rings (SSSR count). The first kappa shape index (κ1) is 23.9. The van der Waals surface area contributed by atoms with E-state index in [1.165, 1.54) is 17.2 Å². The van der Waals surface area contributed by atoms with Crippen LogP contribution in [0.4, 0.5) is 5.82 Å². The predicted octanol–water partition coefficient (Wildman–Crippen LogP) is -2.02. The van der Waals surface area contributed by atoms with Crippen molar-refractivity contribution in [2.75, 3.05) is 12.3 Å². The summed E-state index contributed by atoms with van der Waals surface area (Å²) in [6.45, 7) is -0.685. The second kappa shape index (κ2) is 9.57. The number of aliphatic hydroxyl groups excluding tert-OH is 2. The second-order valence-corrected chi connectivity index (χ2v) is 8.98. The summed E-state index contributed by atoms with van der Waals surface area (Å²) in [7, 11) is -4.57. The number of carbonyl (C=O) groups excluding carboxylic acids is 1. The van der Waals surface area contributed by atoms with Crippen LogP contribution in [-0.4, -0.2) is 75.0 Å². The smallest absolute Gasteiger partial charge is 0.362 e. The van der Waals surface area contributed by atoms with Gasteiger partial charge in [-0.05, 0) is 12.0 Å². The lowest BCUT2D eigenvalue weighted by Gasteiger charge is -2.16. The molecule has 182 valence electrons. The normalized spacial score (nSPS) is 23.7. The van der Waals surface area contributed by atoms with Crippen LogP contribution in [-0.2, 0) is 30.4 Å². The molecule has 14 nitrogen and oxygen atoms in total. The van der Waals surface area contributed by atoms with Gasteiger partial charge in [0.25, 0.3) is 5.91 Å². The molecule has 0 saturated carbocycles. The number of hydrogen-bond donors (Lipinski definition) is 5. The van der Waals surface area contributed by atoms with Gasteiger partial charge in [-0.2, -0.15) is 8.42 Å². The van der Waals surface area contributed by atoms with E-state index in [0.29, 0.717) is 0 Å². The molecule has 0 radical (unpaired) electrons. The average molecular weight is 494 g/mol. The fraction of sp³-hybridized carbons (Fsp3) is 0.368. The number of aliphatic hydroxyl groups is 2. The van der Waals surface area contributed by atoms with Crippen LogP contribution in [0.25, 0.3) is 11.2 Å². The van der Waals surface area contributed by atoms with Gasteiger partial charge in [0.15, 0.2) is 17.7 Å². The molecule has 5 atom stereocenters. The van der Waals surface area contributed by atoms with Crippen LogP contribution >= 0.6 is 0 Å². The Morgan fingerprint density at radius 1 is 1.21 bits per heavy atom. The number of nitrogen functional groups attached to an aromatic ring is 1. The maximum atomic E-state index is 12.2. The molecule has 1 aliphatic rings. The lowest BCUT2D eigenvalue weighted by molar-refractivity contribution is -0.120. The quantitative estimate of drug-likeness (QED) is 0.230. The number of benzene rings is 1. The number of ether oxygens (including phenoxy) is 1. The summed E-state index contributed by atoms with van der Waals surface area (Å²) in [6, 6.07) is 7.70. The monoisotopic (exact) mass is 493 g/mol. The van der Waals surface area contributed by atoms with E-state index in [0.717, 1.165) is 5.56 Å². The van der Waals surface area contributed by atoms with Crippen molar-refractivity contribution in [1.29, 1.82) is 0 Å². The van der Waals surface area contributed by atoms with E-state index in [-0.39, 0.29) is 23.4 Å². The van der Waals surface area contributed by atoms with Crippen LogP contribution < -0.4 is 16.2 Å². The Bertz CT molecular complexity index is 1270. The summed E-state index contributed by atoms with van der Waals surface area (Å²) in [5.41, 5.74) is 12.8. The molecular formula is C19H23N7O7S. The molecule has 7 N–H and O–H groups in total. The first-order valence-corrected chi connectivity index (χ1v) is 11.5. The summed E-state index contributed by atoms with van der Waals surface area (Å²) in [6.07, 6.45) is -2.75. The molecule has 2 aromatic heterocycles. The van der Waals surface area contributed by atoms with E-state index < -0.39 is 53.4 Å². The zero-order valence-electron chi connectivity index (χ0n) is 17.6. The van der Waals surface area contributed by atoms with Crippen LogP contribution in [0.3, 0.4) is 0 Å². The van der Waals surface area contributed by atoms with Crippen molar-refractivity contribution >= 4 is 33.2 Å². The SMILES string of the molecule is Nc1ncnc2c1ncn2C1OC(COS(=O)(=O)NC(=O)[C@H](N)Cc2ccccc2)[C@@H](O)[C@H]1O. The largest absolute Gasteiger partial charge is 0.387 e. The molecule has 34 heavy (non-hydrogen) atoms. The number of nitrogens with zero attached hydrogens (tertiary/aromatic N) is 4. The van der Waals surface area contributed by atoms with Gasteiger partial charge in [-0.3, -0.25) is 13.5 Å². The molecule has 0 spiro atoms. The highest BCUT2D eigenvalue weighted by Gasteiger charge is 2.45. The minimum absolute atomic E-state index is 0.115. The number of anilines is 1. The number of rotatable bonds is 8. The third-order valence-electron chi connectivity index (χ3n) is 5.25. The van der Waals surface area contributed by atoms with Crippen LogP contribution in [0.2, 0.25) is 0 Å². The minimum Gasteiger partial charge on any atom is -0.387 e. The van der Waals surface area contributed by atoms with E-state index in [1.54, 1.807) is 35.1 Å². The van der Waals surface area contributed by atoms with Crippen LogP contribution in [0, 0.1) is 0 Å². The zero-order valence-corrected chi connectivity index (χ0v) is 18.4. The molecule has 15 heteroatoms. The minimum atomic E-state index is -4.57. The van der Waals surface area contributed by atoms with Gasteiger partial charge < -0.3 is 26.4 Å². The number of fused-ring (bicyclic) bond motifs is 1. The average Bonchev–Trinajstić information content (AvgIpc) is 3.35. The maximum Gasteiger partial charge on any atom is 0.362 e. The van der Waals surface area contributed by atoms with Gasteiger partial charge in [-0.15, -0.1) is 0 Å². The van der Waals surface area contributed by atoms with Gasteiger partial charge in [-0.25, -0.2) is 19.7 Å². The molecule has 1 aromatic carbocycles. The van der Waals surface area contributed by atoms with Gasteiger partial charge in [0.05, 0.1) is 19.0 Å². The first-order chi connectivity index (χ1) is 16.2. The molecule has 0 bridgehead atoms. The number of carbonyl (C=O) groups is 1. The Morgan fingerprint density at radius 3 is 2.68 bits per heavy atom. The Morgan fingerprint density at radius 2 is 1.94 bits per heavy atom. The highest BCUT2D eigenvalue weighted by molar-refractivity contribution is 7.85. The Labute approximate surface area is 193 Å². The van der Waals surface area contributed by atoms with Crippen LogP contribution in [0.15, 0.2) is 43.0 Å². The highest BCUT2D eigenvalue weighted by Crippen LogP contribution is 2.32. The summed E-state index contributed by atoms with van der Waals surface area (Å²) in [5.74, 6) is -0.846. The van der Waals surface area contributed by atoms with E-state index in [9.17, 15) is 23.4 Å². The molecule has 1 aliphatic heterocycles. The predicted molar refractivity (Wildman–Crippen MR) is 117 cm³/mol. The van der Waals surface area contributed by atoms with Gasteiger partial charge >= 0.3 is 10.3 Å². The maximum absolute atomic E-state index is 12.2. The lowest BCUT2D eigenvalue weighted by atomic mass is 10.1. The summed E-state index contributed by atoms with van der Waals surface area (Å²) in [5, 5.41) is 20.8. The summed E-state index contributed by atoms with van der Waals surface area (Å²) >= 11 is 0. The number of hydrogen-bond acceptors (Lipinski definition) is 12. The molecular weight excluding hydrogens is 470 g/mol. The van der Waals surface area contributed by atoms with Gasteiger partial charge in [0, 0.05) is 0 Å². The van der Waals surface area contributed by atoms with Crippen LogP contribution in [0.1, 0.15) is 11.8 Å². The van der Waals surface area contributed by atoms with Gasteiger partial charge in [0.1, 0.15) is 30.2 Å². The van der Waals surface area contributed by atoms with E-state index >= 15 is 0 Å². The number of imidazole rings is 1. The Kier molecular flexibility index (Phi) is 6.74. The molecule has 1 amide bonds.